The number of nitrogens with one attached hydrogen (secondary N) is 1. The Bertz CT molecular complexity index is 316. The first kappa shape index (κ1) is 10.2. The summed E-state index contributed by atoms with van der Waals surface area (Å²) in [6, 6.07) is 9.72. The van der Waals surface area contributed by atoms with E-state index >= 15 is 0 Å². The first-order chi connectivity index (χ1) is 6.86. The van der Waals surface area contributed by atoms with Gasteiger partial charge in [-0.1, -0.05) is 18.2 Å². The second-order valence-corrected chi connectivity index (χ2v) is 2.57. The number of nitrogens with two attached hydrogens (primary N) is 1. The van der Waals surface area contributed by atoms with Crippen LogP contribution < -0.4 is 11.1 Å². The predicted octanol–water partition coefficient (Wildman–Crippen LogP) is 1.46. The normalized spacial score (nSPS) is 11.9. The zero-order valence-electron chi connectivity index (χ0n) is 8.14. The zero-order valence-corrected chi connectivity index (χ0v) is 8.14. The summed E-state index contributed by atoms with van der Waals surface area (Å²) in [4.78, 5) is 8.04. The summed E-state index contributed by atoms with van der Waals surface area (Å²) in [7, 11) is 0. The summed E-state index contributed by atoms with van der Waals surface area (Å²) in [6.07, 6.45) is 1.23. The number of nitrogens with zero attached hydrogens (tertiary/aromatic N) is 2. The fourth-order valence-corrected chi connectivity index (χ4v) is 0.984. The maximum Gasteiger partial charge on any atom is 0.223 e. The van der Waals surface area contributed by atoms with E-state index in [-0.39, 0.29) is 0 Å². The molecule has 4 nitrogen and oxygen atoms in total. The summed E-state index contributed by atoms with van der Waals surface area (Å²) in [5, 5.41) is 3.05. The highest BCUT2D eigenvalue weighted by molar-refractivity contribution is 5.97. The largest absolute Gasteiger partial charge is 0.390 e. The van der Waals surface area contributed by atoms with Crippen LogP contribution >= 0.6 is 0 Å². The third-order valence-corrected chi connectivity index (χ3v) is 1.53. The van der Waals surface area contributed by atoms with Gasteiger partial charge < -0.3 is 11.1 Å². The second kappa shape index (κ2) is 5.75. The van der Waals surface area contributed by atoms with E-state index in [1.165, 1.54) is 6.34 Å². The van der Waals surface area contributed by atoms with Crippen LogP contribution in [0.4, 0.5) is 5.69 Å². The standard InChI is InChI=1S/C10H14N4/c1-2-12-10(13-8-11)14-9-6-4-3-5-7-9/h3-8H,2H2,1H3,(H3,11,12,13,14). The molecule has 14 heavy (non-hydrogen) atoms. The molecule has 0 unspecified atom stereocenters. The van der Waals surface area contributed by atoms with Crippen LogP contribution in [0.25, 0.3) is 0 Å². The number of anilines is 1. The molecule has 1 rings (SSSR count). The van der Waals surface area contributed by atoms with E-state index in [2.05, 4.69) is 15.3 Å². The lowest BCUT2D eigenvalue weighted by atomic mass is 10.3. The van der Waals surface area contributed by atoms with Crippen LogP contribution in [-0.4, -0.2) is 18.8 Å². The Morgan fingerprint density at radius 2 is 2.14 bits per heavy atom. The number of benzene rings is 1. The highest BCUT2D eigenvalue weighted by Crippen LogP contribution is 2.04. The molecule has 4 heteroatoms. The van der Waals surface area contributed by atoms with Gasteiger partial charge in [-0.15, -0.1) is 0 Å². The second-order valence-electron chi connectivity index (χ2n) is 2.57. The van der Waals surface area contributed by atoms with Gasteiger partial charge in [-0.2, -0.15) is 0 Å². The lowest BCUT2D eigenvalue weighted by Gasteiger charge is -2.03. The third-order valence-electron chi connectivity index (χ3n) is 1.53. The maximum absolute atomic E-state index is 5.20. The Labute approximate surface area is 83.6 Å². The molecule has 0 aliphatic rings. The minimum Gasteiger partial charge on any atom is -0.390 e. The minimum atomic E-state index is 0.529. The van der Waals surface area contributed by atoms with Crippen molar-refractivity contribution in [1.82, 2.24) is 0 Å². The van der Waals surface area contributed by atoms with E-state index in [1.54, 1.807) is 0 Å². The molecule has 1 aromatic rings. The summed E-state index contributed by atoms with van der Waals surface area (Å²) in [5.74, 6) is 0.529. The quantitative estimate of drug-likeness (QED) is 0.548. The van der Waals surface area contributed by atoms with Gasteiger partial charge in [-0.3, -0.25) is 4.99 Å². The van der Waals surface area contributed by atoms with Gasteiger partial charge in [-0.25, -0.2) is 4.99 Å². The molecule has 0 atom stereocenters. The molecule has 0 bridgehead atoms. The molecule has 0 aliphatic carbocycles. The predicted molar refractivity (Wildman–Crippen MR) is 60.7 cm³/mol. The molecular formula is C10H14N4. The molecular weight excluding hydrogens is 176 g/mol. The summed E-state index contributed by atoms with van der Waals surface area (Å²) in [6.45, 7) is 2.62. The molecule has 0 aliphatic heterocycles. The van der Waals surface area contributed by atoms with Gasteiger partial charge in [0.05, 0.1) is 6.34 Å². The Kier molecular flexibility index (Phi) is 4.20. The van der Waals surface area contributed by atoms with Crippen LogP contribution in [-0.2, 0) is 0 Å². The van der Waals surface area contributed by atoms with Crippen LogP contribution in [0.5, 0.6) is 0 Å². The first-order valence-electron chi connectivity index (χ1n) is 4.47. The van der Waals surface area contributed by atoms with Crippen LogP contribution in [0, 0.1) is 0 Å². The number of para-hydroxylation sites is 1. The van der Waals surface area contributed by atoms with Gasteiger partial charge in [0.25, 0.3) is 0 Å². The van der Waals surface area contributed by atoms with E-state index in [1.807, 2.05) is 37.3 Å². The SMILES string of the molecule is CC/N=C(\N=C\N)Nc1ccccc1. The molecule has 0 spiro atoms. The Balaban J connectivity index is 2.70. The smallest absolute Gasteiger partial charge is 0.223 e. The summed E-state index contributed by atoms with van der Waals surface area (Å²) in [5.41, 5.74) is 6.15. The number of rotatable bonds is 2. The van der Waals surface area contributed by atoms with Crippen molar-refractivity contribution in [1.29, 1.82) is 0 Å². The van der Waals surface area contributed by atoms with Crippen molar-refractivity contribution >= 4 is 18.0 Å². The molecule has 1 aromatic carbocycles. The van der Waals surface area contributed by atoms with E-state index in [0.717, 1.165) is 5.69 Å². The van der Waals surface area contributed by atoms with Crippen molar-refractivity contribution in [3.05, 3.63) is 30.3 Å². The third kappa shape index (κ3) is 3.26. The van der Waals surface area contributed by atoms with Crippen molar-refractivity contribution in [3.8, 4) is 0 Å². The molecule has 0 radical (unpaired) electrons. The van der Waals surface area contributed by atoms with Gasteiger partial charge in [0.15, 0.2) is 0 Å². The molecule has 74 valence electrons. The fraction of sp³-hybridized carbons (Fsp3) is 0.200. The Morgan fingerprint density at radius 3 is 2.71 bits per heavy atom. The summed E-state index contributed by atoms with van der Waals surface area (Å²) >= 11 is 0. The molecule has 0 aromatic heterocycles. The molecule has 0 saturated carbocycles. The van der Waals surface area contributed by atoms with Crippen molar-refractivity contribution in [2.24, 2.45) is 15.7 Å². The topological polar surface area (TPSA) is 62.8 Å². The summed E-state index contributed by atoms with van der Waals surface area (Å²) < 4.78 is 0. The van der Waals surface area contributed by atoms with Gasteiger partial charge >= 0.3 is 0 Å². The molecule has 3 N–H and O–H groups in total. The minimum absolute atomic E-state index is 0.529. The fourth-order valence-electron chi connectivity index (χ4n) is 0.984. The monoisotopic (exact) mass is 190 g/mol. The van der Waals surface area contributed by atoms with Gasteiger partial charge in [-0.05, 0) is 19.1 Å². The maximum atomic E-state index is 5.20. The Morgan fingerprint density at radius 1 is 1.43 bits per heavy atom. The Hall–Kier alpha value is -1.84. The number of hydrogen-bond acceptors (Lipinski definition) is 1. The van der Waals surface area contributed by atoms with Crippen molar-refractivity contribution in [2.75, 3.05) is 11.9 Å². The number of guanidine groups is 1. The number of aliphatic imine (C=N–C) groups is 2. The van der Waals surface area contributed by atoms with Crippen molar-refractivity contribution in [3.63, 3.8) is 0 Å². The van der Waals surface area contributed by atoms with Crippen LogP contribution in [0.2, 0.25) is 0 Å². The number of hydrogen-bond donors (Lipinski definition) is 2. The van der Waals surface area contributed by atoms with Crippen LogP contribution in [0.3, 0.4) is 0 Å². The van der Waals surface area contributed by atoms with Crippen molar-refractivity contribution in [2.45, 2.75) is 6.92 Å². The average Bonchev–Trinajstić information content (AvgIpc) is 2.20. The molecule has 0 amide bonds. The van der Waals surface area contributed by atoms with E-state index in [9.17, 15) is 0 Å². The average molecular weight is 190 g/mol. The van der Waals surface area contributed by atoms with Gasteiger partial charge in [0.1, 0.15) is 0 Å². The first-order valence-corrected chi connectivity index (χ1v) is 4.47. The zero-order chi connectivity index (χ0) is 10.2. The lowest BCUT2D eigenvalue weighted by molar-refractivity contribution is 1.12. The van der Waals surface area contributed by atoms with Crippen LogP contribution in [0.15, 0.2) is 40.3 Å². The molecule has 0 fully saturated rings. The van der Waals surface area contributed by atoms with Gasteiger partial charge in [0, 0.05) is 12.2 Å². The van der Waals surface area contributed by atoms with Gasteiger partial charge in [0.2, 0.25) is 5.96 Å². The molecule has 0 heterocycles. The van der Waals surface area contributed by atoms with E-state index in [4.69, 9.17) is 5.73 Å². The van der Waals surface area contributed by atoms with Crippen LogP contribution in [0.1, 0.15) is 6.92 Å². The highest BCUT2D eigenvalue weighted by atomic mass is 15.1. The lowest BCUT2D eigenvalue weighted by Crippen LogP contribution is -2.11. The van der Waals surface area contributed by atoms with E-state index in [0.29, 0.717) is 12.5 Å². The molecule has 0 saturated heterocycles. The van der Waals surface area contributed by atoms with Crippen molar-refractivity contribution < 1.29 is 0 Å². The highest BCUT2D eigenvalue weighted by Gasteiger charge is 1.94. The van der Waals surface area contributed by atoms with E-state index < -0.39 is 0 Å².